The molecule has 0 spiro atoms. The summed E-state index contributed by atoms with van der Waals surface area (Å²) in [5.74, 6) is -0.259. The van der Waals surface area contributed by atoms with E-state index < -0.39 is 0 Å². The van der Waals surface area contributed by atoms with Gasteiger partial charge in [0.2, 0.25) is 5.91 Å². The van der Waals surface area contributed by atoms with E-state index in [0.717, 1.165) is 19.3 Å². The summed E-state index contributed by atoms with van der Waals surface area (Å²) < 4.78 is 0. The van der Waals surface area contributed by atoms with Gasteiger partial charge in [-0.3, -0.25) is 4.79 Å². The van der Waals surface area contributed by atoms with E-state index in [1.54, 1.807) is 0 Å². The lowest BCUT2D eigenvalue weighted by molar-refractivity contribution is -0.118. The van der Waals surface area contributed by atoms with E-state index in [4.69, 9.17) is 11.0 Å². The van der Waals surface area contributed by atoms with E-state index in [2.05, 4.69) is 6.07 Å². The van der Waals surface area contributed by atoms with Crippen LogP contribution < -0.4 is 5.73 Å². The van der Waals surface area contributed by atoms with E-state index in [1.165, 1.54) is 0 Å². The molecular formula is C9H16N2O. The average Bonchev–Trinajstić information content (AvgIpc) is 1.98. The maximum absolute atomic E-state index is 10.4. The molecule has 0 radical (unpaired) electrons. The van der Waals surface area contributed by atoms with Gasteiger partial charge in [0, 0.05) is 6.42 Å². The summed E-state index contributed by atoms with van der Waals surface area (Å²) in [6.45, 7) is 3.80. The summed E-state index contributed by atoms with van der Waals surface area (Å²) in [6.07, 6.45) is 2.95. The van der Waals surface area contributed by atoms with Crippen LogP contribution in [-0.2, 0) is 4.79 Å². The topological polar surface area (TPSA) is 66.9 Å². The SMILES string of the molecule is CC(C)(C#N)CCCCC(N)=O. The van der Waals surface area contributed by atoms with Crippen molar-refractivity contribution >= 4 is 5.91 Å². The predicted molar refractivity (Wildman–Crippen MR) is 47.1 cm³/mol. The Morgan fingerprint density at radius 2 is 2.08 bits per heavy atom. The Hall–Kier alpha value is -1.04. The van der Waals surface area contributed by atoms with Crippen LogP contribution >= 0.6 is 0 Å². The van der Waals surface area contributed by atoms with Crippen LogP contribution in [0.3, 0.4) is 0 Å². The van der Waals surface area contributed by atoms with Crippen molar-refractivity contribution in [2.24, 2.45) is 11.1 Å². The first-order valence-corrected chi connectivity index (χ1v) is 4.17. The number of rotatable bonds is 5. The Labute approximate surface area is 73.6 Å². The Kier molecular flexibility index (Phi) is 4.35. The molecule has 0 unspecified atom stereocenters. The van der Waals surface area contributed by atoms with Crippen molar-refractivity contribution in [1.29, 1.82) is 5.26 Å². The van der Waals surface area contributed by atoms with Gasteiger partial charge >= 0.3 is 0 Å². The van der Waals surface area contributed by atoms with Gasteiger partial charge in [0.05, 0.1) is 11.5 Å². The first-order valence-electron chi connectivity index (χ1n) is 4.17. The van der Waals surface area contributed by atoms with Crippen LogP contribution in [0, 0.1) is 16.7 Å². The predicted octanol–water partition coefficient (Wildman–Crippen LogP) is 1.58. The second kappa shape index (κ2) is 4.76. The third-order valence-corrected chi connectivity index (χ3v) is 1.78. The summed E-state index contributed by atoms with van der Waals surface area (Å²) in [5, 5.41) is 8.66. The lowest BCUT2D eigenvalue weighted by atomic mass is 9.89. The van der Waals surface area contributed by atoms with Crippen LogP contribution in [0.15, 0.2) is 0 Å². The van der Waals surface area contributed by atoms with Crippen LogP contribution in [0.1, 0.15) is 39.5 Å². The fourth-order valence-corrected chi connectivity index (χ4v) is 0.922. The average molecular weight is 168 g/mol. The molecule has 0 atom stereocenters. The van der Waals surface area contributed by atoms with Crippen molar-refractivity contribution in [3.63, 3.8) is 0 Å². The Morgan fingerprint density at radius 3 is 2.50 bits per heavy atom. The minimum atomic E-state index is -0.266. The van der Waals surface area contributed by atoms with Crippen molar-refractivity contribution in [3.8, 4) is 6.07 Å². The van der Waals surface area contributed by atoms with E-state index in [0.29, 0.717) is 6.42 Å². The van der Waals surface area contributed by atoms with Crippen LogP contribution in [0.5, 0.6) is 0 Å². The molecule has 0 rings (SSSR count). The Morgan fingerprint density at radius 1 is 1.50 bits per heavy atom. The van der Waals surface area contributed by atoms with Gasteiger partial charge in [0.1, 0.15) is 0 Å². The molecule has 3 heteroatoms. The van der Waals surface area contributed by atoms with Crippen molar-refractivity contribution in [2.45, 2.75) is 39.5 Å². The van der Waals surface area contributed by atoms with Gasteiger partial charge in [-0.25, -0.2) is 0 Å². The molecule has 0 saturated heterocycles. The third-order valence-electron chi connectivity index (χ3n) is 1.78. The highest BCUT2D eigenvalue weighted by molar-refractivity contribution is 5.73. The number of amides is 1. The highest BCUT2D eigenvalue weighted by atomic mass is 16.1. The van der Waals surface area contributed by atoms with Gasteiger partial charge < -0.3 is 5.73 Å². The molecular weight excluding hydrogens is 152 g/mol. The smallest absolute Gasteiger partial charge is 0.217 e. The van der Waals surface area contributed by atoms with E-state index in [1.807, 2.05) is 13.8 Å². The van der Waals surface area contributed by atoms with Crippen LogP contribution in [0.2, 0.25) is 0 Å². The van der Waals surface area contributed by atoms with Gasteiger partial charge in [0.25, 0.3) is 0 Å². The fraction of sp³-hybridized carbons (Fsp3) is 0.778. The number of nitrogens with zero attached hydrogens (tertiary/aromatic N) is 1. The van der Waals surface area contributed by atoms with Crippen molar-refractivity contribution in [2.75, 3.05) is 0 Å². The fourth-order valence-electron chi connectivity index (χ4n) is 0.922. The Balaban J connectivity index is 3.45. The number of hydrogen-bond acceptors (Lipinski definition) is 2. The number of carbonyl (C=O) groups excluding carboxylic acids is 1. The third kappa shape index (κ3) is 5.72. The number of carbonyl (C=O) groups is 1. The normalized spacial score (nSPS) is 10.8. The molecule has 12 heavy (non-hydrogen) atoms. The summed E-state index contributed by atoms with van der Waals surface area (Å²) >= 11 is 0. The maximum Gasteiger partial charge on any atom is 0.217 e. The second-order valence-corrected chi connectivity index (χ2v) is 3.67. The molecule has 0 aliphatic carbocycles. The zero-order chi connectivity index (χ0) is 9.61. The highest BCUT2D eigenvalue weighted by Crippen LogP contribution is 2.21. The van der Waals surface area contributed by atoms with Gasteiger partial charge in [-0.2, -0.15) is 5.26 Å². The second-order valence-electron chi connectivity index (χ2n) is 3.67. The lowest BCUT2D eigenvalue weighted by Gasteiger charge is -2.13. The first kappa shape index (κ1) is 11.0. The molecule has 0 fully saturated rings. The molecule has 1 amide bonds. The zero-order valence-corrected chi connectivity index (χ0v) is 7.76. The largest absolute Gasteiger partial charge is 0.370 e. The summed E-state index contributed by atoms with van der Waals surface area (Å²) in [5.41, 5.74) is 4.70. The van der Waals surface area contributed by atoms with Crippen LogP contribution in [0.25, 0.3) is 0 Å². The molecule has 68 valence electrons. The molecule has 2 N–H and O–H groups in total. The monoisotopic (exact) mass is 168 g/mol. The molecule has 0 saturated carbocycles. The Bertz CT molecular complexity index is 191. The van der Waals surface area contributed by atoms with Crippen LogP contribution in [0.4, 0.5) is 0 Å². The molecule has 0 aliphatic rings. The minimum absolute atomic E-state index is 0.259. The maximum atomic E-state index is 10.4. The van der Waals surface area contributed by atoms with Gasteiger partial charge in [-0.15, -0.1) is 0 Å². The summed E-state index contributed by atoms with van der Waals surface area (Å²) in [6, 6.07) is 2.21. The van der Waals surface area contributed by atoms with E-state index in [-0.39, 0.29) is 11.3 Å². The number of hydrogen-bond donors (Lipinski definition) is 1. The number of nitrogens with two attached hydrogens (primary N) is 1. The molecule has 0 aromatic carbocycles. The quantitative estimate of drug-likeness (QED) is 0.633. The standard InChI is InChI=1S/C9H16N2O/c1-9(2,7-10)6-4-3-5-8(11)12/h3-6H2,1-2H3,(H2,11,12). The van der Waals surface area contributed by atoms with Gasteiger partial charge in [0.15, 0.2) is 0 Å². The van der Waals surface area contributed by atoms with Gasteiger partial charge in [-0.1, -0.05) is 6.42 Å². The molecule has 0 aliphatic heterocycles. The molecule has 0 aromatic heterocycles. The number of unbranched alkanes of at least 4 members (excludes halogenated alkanes) is 1. The number of nitriles is 1. The lowest BCUT2D eigenvalue weighted by Crippen LogP contribution is -2.11. The van der Waals surface area contributed by atoms with Crippen molar-refractivity contribution in [3.05, 3.63) is 0 Å². The highest BCUT2D eigenvalue weighted by Gasteiger charge is 2.15. The van der Waals surface area contributed by atoms with Gasteiger partial charge in [-0.05, 0) is 26.7 Å². The van der Waals surface area contributed by atoms with E-state index >= 15 is 0 Å². The zero-order valence-electron chi connectivity index (χ0n) is 7.76. The molecule has 0 aromatic rings. The molecule has 0 heterocycles. The van der Waals surface area contributed by atoms with E-state index in [9.17, 15) is 4.79 Å². The minimum Gasteiger partial charge on any atom is -0.370 e. The first-order chi connectivity index (χ1) is 5.48. The summed E-state index contributed by atoms with van der Waals surface area (Å²) in [4.78, 5) is 10.4. The summed E-state index contributed by atoms with van der Waals surface area (Å²) in [7, 11) is 0. The molecule has 3 nitrogen and oxygen atoms in total. The van der Waals surface area contributed by atoms with Crippen molar-refractivity contribution in [1.82, 2.24) is 0 Å². The van der Waals surface area contributed by atoms with Crippen LogP contribution in [-0.4, -0.2) is 5.91 Å². The van der Waals surface area contributed by atoms with Crippen molar-refractivity contribution < 1.29 is 4.79 Å². The molecule has 0 bridgehead atoms. The number of primary amides is 1.